The molecule has 0 saturated carbocycles. The summed E-state index contributed by atoms with van der Waals surface area (Å²) in [5.74, 6) is -0.215. The molecule has 0 aromatic heterocycles. The third-order valence-corrected chi connectivity index (χ3v) is 4.94. The third kappa shape index (κ3) is 9.85. The molecule has 0 aliphatic heterocycles. The molecule has 0 aliphatic rings. The maximum Gasteiger partial charge on any atom is 0.412 e. The monoisotopic (exact) mass is 462 g/mol. The van der Waals surface area contributed by atoms with E-state index in [1.807, 2.05) is 13.8 Å². The van der Waals surface area contributed by atoms with Crippen LogP contribution in [0.1, 0.15) is 20.3 Å². The Balaban J connectivity index is 2.52. The van der Waals surface area contributed by atoms with Gasteiger partial charge in [-0.05, 0) is 36.6 Å². The van der Waals surface area contributed by atoms with Gasteiger partial charge in [-0.2, -0.15) is 0 Å². The van der Waals surface area contributed by atoms with E-state index in [1.165, 1.54) is 4.31 Å². The zero-order valence-corrected chi connectivity index (χ0v) is 18.4. The van der Waals surface area contributed by atoms with E-state index in [0.29, 0.717) is 18.7 Å². The van der Waals surface area contributed by atoms with Crippen LogP contribution in [0.2, 0.25) is 0 Å². The summed E-state index contributed by atoms with van der Waals surface area (Å²) in [7, 11) is 3.36. The summed E-state index contributed by atoms with van der Waals surface area (Å²) in [5, 5.41) is 5.30. The average molecular weight is 463 g/mol. The molecule has 0 saturated heterocycles. The lowest BCUT2D eigenvalue weighted by molar-refractivity contribution is -0.130. The van der Waals surface area contributed by atoms with Crippen molar-refractivity contribution in [2.75, 3.05) is 32.5 Å². The standard InChI is InChI=1S/C17H27BrN4O4S/c1-12(2)11-15(16(23)19-9-10-20-27(25)22(3)4)26-17(24)21-14-7-5-13(18)6-8-14/h5-8,12,15,20H,9-11H2,1-4H3,(H,19,23)(H,21,24). The fraction of sp³-hybridized carbons (Fsp3) is 0.529. The van der Waals surface area contributed by atoms with Gasteiger partial charge >= 0.3 is 6.09 Å². The molecule has 0 bridgehead atoms. The Kier molecular flexibility index (Phi) is 10.5. The van der Waals surface area contributed by atoms with Gasteiger partial charge in [0.25, 0.3) is 5.91 Å². The van der Waals surface area contributed by atoms with E-state index in [0.717, 1.165) is 4.47 Å². The fourth-order valence-corrected chi connectivity index (χ4v) is 2.81. The molecule has 2 amide bonds. The Bertz CT molecular complexity index is 640. The van der Waals surface area contributed by atoms with E-state index in [4.69, 9.17) is 4.74 Å². The predicted octanol–water partition coefficient (Wildman–Crippen LogP) is 2.26. The predicted molar refractivity (Wildman–Crippen MR) is 110 cm³/mol. The van der Waals surface area contributed by atoms with Crippen molar-refractivity contribution in [1.29, 1.82) is 0 Å². The van der Waals surface area contributed by atoms with Gasteiger partial charge in [-0.3, -0.25) is 10.1 Å². The van der Waals surface area contributed by atoms with E-state index >= 15 is 0 Å². The molecule has 1 rings (SSSR count). The van der Waals surface area contributed by atoms with Crippen LogP contribution in [0.4, 0.5) is 10.5 Å². The molecule has 0 spiro atoms. The Morgan fingerprint density at radius 3 is 2.37 bits per heavy atom. The van der Waals surface area contributed by atoms with Gasteiger partial charge in [-0.1, -0.05) is 29.8 Å². The van der Waals surface area contributed by atoms with Crippen molar-refractivity contribution in [2.24, 2.45) is 5.92 Å². The molecule has 1 aromatic rings. The number of benzene rings is 1. The Hall–Kier alpha value is -1.49. The van der Waals surface area contributed by atoms with Crippen molar-refractivity contribution < 1.29 is 18.5 Å². The van der Waals surface area contributed by atoms with Crippen LogP contribution in [0.5, 0.6) is 0 Å². The van der Waals surface area contributed by atoms with E-state index in [-0.39, 0.29) is 18.4 Å². The molecular formula is C17H27BrN4O4S. The maximum absolute atomic E-state index is 12.4. The maximum atomic E-state index is 12.4. The number of nitrogens with one attached hydrogen (secondary N) is 3. The van der Waals surface area contributed by atoms with Crippen LogP contribution >= 0.6 is 15.9 Å². The lowest BCUT2D eigenvalue weighted by atomic mass is 10.1. The minimum atomic E-state index is -1.31. The molecule has 2 atom stereocenters. The number of amides is 2. The highest BCUT2D eigenvalue weighted by Gasteiger charge is 2.24. The minimum absolute atomic E-state index is 0.167. The topological polar surface area (TPSA) is 99.8 Å². The second-order valence-electron chi connectivity index (χ2n) is 6.40. The SMILES string of the molecule is CC(C)CC(OC(=O)Nc1ccc(Br)cc1)C(=O)NCCNS(=O)N(C)C. The summed E-state index contributed by atoms with van der Waals surface area (Å²) in [5.41, 5.74) is 0.572. The molecule has 2 unspecified atom stereocenters. The van der Waals surface area contributed by atoms with Crippen LogP contribution in [-0.4, -0.2) is 53.8 Å². The summed E-state index contributed by atoms with van der Waals surface area (Å²) in [4.78, 5) is 24.5. The van der Waals surface area contributed by atoms with Crippen molar-refractivity contribution >= 4 is 44.8 Å². The minimum Gasteiger partial charge on any atom is -0.436 e. The highest BCUT2D eigenvalue weighted by atomic mass is 79.9. The van der Waals surface area contributed by atoms with Crippen molar-refractivity contribution in [2.45, 2.75) is 26.4 Å². The van der Waals surface area contributed by atoms with Crippen LogP contribution in [0.15, 0.2) is 28.7 Å². The highest BCUT2D eigenvalue weighted by molar-refractivity contribution is 9.10. The van der Waals surface area contributed by atoms with Crippen molar-refractivity contribution in [3.8, 4) is 0 Å². The first-order valence-electron chi connectivity index (χ1n) is 8.52. The fourth-order valence-electron chi connectivity index (χ4n) is 2.01. The van der Waals surface area contributed by atoms with Gasteiger partial charge < -0.3 is 10.1 Å². The molecule has 152 valence electrons. The van der Waals surface area contributed by atoms with E-state index in [9.17, 15) is 13.8 Å². The number of rotatable bonds is 10. The van der Waals surface area contributed by atoms with Crippen LogP contribution < -0.4 is 15.4 Å². The largest absolute Gasteiger partial charge is 0.436 e. The number of hydrogen-bond donors (Lipinski definition) is 3. The molecule has 0 fully saturated rings. The quantitative estimate of drug-likeness (QED) is 0.464. The summed E-state index contributed by atoms with van der Waals surface area (Å²) < 4.78 is 22.0. The van der Waals surface area contributed by atoms with Gasteiger partial charge in [0.05, 0.1) is 0 Å². The average Bonchev–Trinajstić information content (AvgIpc) is 2.59. The molecule has 0 heterocycles. The van der Waals surface area contributed by atoms with Crippen LogP contribution in [0.25, 0.3) is 0 Å². The summed E-state index contributed by atoms with van der Waals surface area (Å²) in [6.45, 7) is 4.48. The van der Waals surface area contributed by atoms with Gasteiger partial charge in [0.1, 0.15) is 0 Å². The summed E-state index contributed by atoms with van der Waals surface area (Å²) in [6.07, 6.45) is -1.19. The van der Waals surface area contributed by atoms with E-state index in [1.54, 1.807) is 38.4 Å². The molecule has 0 aliphatic carbocycles. The van der Waals surface area contributed by atoms with Gasteiger partial charge in [0.2, 0.25) is 0 Å². The van der Waals surface area contributed by atoms with E-state index < -0.39 is 23.4 Å². The number of nitrogens with zero attached hydrogens (tertiary/aromatic N) is 1. The van der Waals surface area contributed by atoms with Crippen LogP contribution in [0.3, 0.4) is 0 Å². The molecule has 1 aromatic carbocycles. The Morgan fingerprint density at radius 2 is 1.81 bits per heavy atom. The van der Waals surface area contributed by atoms with Crippen molar-refractivity contribution in [3.63, 3.8) is 0 Å². The Labute approximate surface area is 171 Å². The Morgan fingerprint density at radius 1 is 1.19 bits per heavy atom. The van der Waals surface area contributed by atoms with E-state index in [2.05, 4.69) is 31.3 Å². The number of carbonyl (C=O) groups is 2. The number of anilines is 1. The van der Waals surface area contributed by atoms with Gasteiger partial charge in [-0.25, -0.2) is 18.0 Å². The second kappa shape index (κ2) is 12.1. The lowest BCUT2D eigenvalue weighted by Crippen LogP contribution is -2.42. The number of hydrogen-bond acceptors (Lipinski definition) is 4. The van der Waals surface area contributed by atoms with Crippen LogP contribution in [-0.2, 0) is 20.7 Å². The first-order valence-corrected chi connectivity index (χ1v) is 10.4. The number of halogens is 1. The zero-order chi connectivity index (χ0) is 20.4. The molecule has 27 heavy (non-hydrogen) atoms. The molecule has 3 N–H and O–H groups in total. The molecule has 0 radical (unpaired) electrons. The highest BCUT2D eigenvalue weighted by Crippen LogP contribution is 2.15. The van der Waals surface area contributed by atoms with Gasteiger partial charge in [0.15, 0.2) is 17.3 Å². The summed E-state index contributed by atoms with van der Waals surface area (Å²) in [6, 6.07) is 7.02. The van der Waals surface area contributed by atoms with Gasteiger partial charge in [0, 0.05) is 37.3 Å². The van der Waals surface area contributed by atoms with Crippen molar-refractivity contribution in [3.05, 3.63) is 28.7 Å². The molecule has 8 nitrogen and oxygen atoms in total. The normalized spacial score (nSPS) is 13.3. The second-order valence-corrected chi connectivity index (χ2v) is 8.84. The summed E-state index contributed by atoms with van der Waals surface area (Å²) >= 11 is 2.01. The lowest BCUT2D eigenvalue weighted by Gasteiger charge is -2.20. The first-order chi connectivity index (χ1) is 12.7. The smallest absolute Gasteiger partial charge is 0.412 e. The zero-order valence-electron chi connectivity index (χ0n) is 16.0. The van der Waals surface area contributed by atoms with Crippen molar-refractivity contribution in [1.82, 2.24) is 14.3 Å². The molecule has 10 heteroatoms. The number of ether oxygens (including phenoxy) is 1. The number of carbonyl (C=O) groups excluding carboxylic acids is 2. The first kappa shape index (κ1) is 23.5. The third-order valence-electron chi connectivity index (χ3n) is 3.30. The molecular weight excluding hydrogens is 436 g/mol. The van der Waals surface area contributed by atoms with Gasteiger partial charge in [-0.15, -0.1) is 0 Å². The van der Waals surface area contributed by atoms with Crippen LogP contribution in [0, 0.1) is 5.92 Å².